The molecule has 0 spiro atoms. The smallest absolute Gasteiger partial charge is 0.341 e. The van der Waals surface area contributed by atoms with E-state index in [0.29, 0.717) is 27.9 Å². The van der Waals surface area contributed by atoms with Crippen molar-refractivity contribution in [2.24, 2.45) is 16.8 Å². The first-order valence-corrected chi connectivity index (χ1v) is 12.1. The van der Waals surface area contributed by atoms with Gasteiger partial charge in [0.05, 0.1) is 18.4 Å². The predicted molar refractivity (Wildman–Crippen MR) is 133 cm³/mol. The zero-order chi connectivity index (χ0) is 25.1. The maximum Gasteiger partial charge on any atom is 0.341 e. The van der Waals surface area contributed by atoms with Crippen molar-refractivity contribution in [1.82, 2.24) is 14.8 Å². The van der Waals surface area contributed by atoms with Crippen LogP contribution in [-0.4, -0.2) is 46.2 Å². The monoisotopic (exact) mass is 496 g/mol. The Kier molecular flexibility index (Phi) is 7.15. The van der Waals surface area contributed by atoms with Gasteiger partial charge in [0.15, 0.2) is 18.3 Å². The number of nitrogens with one attached hydrogen (secondary N) is 1. The molecule has 0 aromatic carbocycles. The predicted octanol–water partition coefficient (Wildman–Crippen LogP) is 3.13. The number of amides is 1. The summed E-state index contributed by atoms with van der Waals surface area (Å²) in [5.74, 6) is 0.373. The average molecular weight is 497 g/mol. The van der Waals surface area contributed by atoms with Gasteiger partial charge < -0.3 is 20.6 Å². The molecule has 0 bridgehead atoms. The normalized spacial score (nSPS) is 15.4. The molecular formula is C24H28N6O4S. The lowest BCUT2D eigenvalue weighted by molar-refractivity contribution is -0.120. The molecule has 11 heteroatoms. The van der Waals surface area contributed by atoms with E-state index in [9.17, 15) is 9.59 Å². The molecule has 0 fully saturated rings. The number of ether oxygens (including phenoxy) is 1. The van der Waals surface area contributed by atoms with Gasteiger partial charge in [-0.05, 0) is 62.8 Å². The number of fused-ring (bicyclic) bond motifs is 1. The number of carbonyl (C=O) groups is 2. The molecule has 1 unspecified atom stereocenters. The van der Waals surface area contributed by atoms with Crippen molar-refractivity contribution in [3.05, 3.63) is 57.4 Å². The van der Waals surface area contributed by atoms with E-state index in [1.165, 1.54) is 18.4 Å². The molecule has 3 heterocycles. The SMILES string of the molecule is COC(=O)c1c(NC(=O)CO/N=C(/N)c2ccc(-n3nc(C)cc3C)nc2)sc2c1CCC(C)C2. The van der Waals surface area contributed by atoms with Crippen molar-refractivity contribution >= 4 is 34.0 Å². The molecule has 184 valence electrons. The van der Waals surface area contributed by atoms with Crippen LogP contribution in [-0.2, 0) is 27.2 Å². The first kappa shape index (κ1) is 24.4. The quantitative estimate of drug-likeness (QED) is 0.222. The lowest BCUT2D eigenvalue weighted by Gasteiger charge is -2.18. The Balaban J connectivity index is 1.39. The number of nitrogens with zero attached hydrogens (tertiary/aromatic N) is 4. The lowest BCUT2D eigenvalue weighted by atomic mass is 9.88. The minimum Gasteiger partial charge on any atom is -0.465 e. The summed E-state index contributed by atoms with van der Waals surface area (Å²) in [7, 11) is 1.34. The highest BCUT2D eigenvalue weighted by Crippen LogP contribution is 2.40. The fraction of sp³-hybridized carbons (Fsp3) is 0.375. The van der Waals surface area contributed by atoms with Crippen molar-refractivity contribution in [3.63, 3.8) is 0 Å². The van der Waals surface area contributed by atoms with Crippen molar-refractivity contribution < 1.29 is 19.2 Å². The van der Waals surface area contributed by atoms with E-state index in [1.807, 2.05) is 19.9 Å². The number of carbonyl (C=O) groups excluding carboxylic acids is 2. The summed E-state index contributed by atoms with van der Waals surface area (Å²) >= 11 is 1.41. The Morgan fingerprint density at radius 1 is 1.34 bits per heavy atom. The fourth-order valence-corrected chi connectivity index (χ4v) is 5.47. The van der Waals surface area contributed by atoms with Crippen LogP contribution in [0, 0.1) is 19.8 Å². The summed E-state index contributed by atoms with van der Waals surface area (Å²) in [6, 6.07) is 5.49. The van der Waals surface area contributed by atoms with Crippen molar-refractivity contribution in [2.45, 2.75) is 40.0 Å². The molecule has 1 amide bonds. The van der Waals surface area contributed by atoms with E-state index in [4.69, 9.17) is 15.3 Å². The summed E-state index contributed by atoms with van der Waals surface area (Å²) < 4.78 is 6.69. The summed E-state index contributed by atoms with van der Waals surface area (Å²) in [5, 5.41) is 11.5. The van der Waals surface area contributed by atoms with E-state index in [1.54, 1.807) is 23.0 Å². The molecule has 3 aromatic heterocycles. The van der Waals surface area contributed by atoms with Gasteiger partial charge in [0.25, 0.3) is 5.91 Å². The van der Waals surface area contributed by atoms with Crippen LogP contribution in [0.15, 0.2) is 29.6 Å². The molecule has 1 atom stereocenters. The van der Waals surface area contributed by atoms with Gasteiger partial charge >= 0.3 is 5.97 Å². The van der Waals surface area contributed by atoms with Crippen molar-refractivity contribution in [1.29, 1.82) is 0 Å². The first-order chi connectivity index (χ1) is 16.8. The number of esters is 1. The fourth-order valence-electron chi connectivity index (χ4n) is 4.06. The summed E-state index contributed by atoms with van der Waals surface area (Å²) in [6.45, 7) is 5.68. The maximum atomic E-state index is 12.5. The zero-order valence-electron chi connectivity index (χ0n) is 20.1. The summed E-state index contributed by atoms with van der Waals surface area (Å²) in [4.78, 5) is 35.5. The van der Waals surface area contributed by atoms with Gasteiger partial charge in [-0.2, -0.15) is 5.10 Å². The Bertz CT molecular complexity index is 1280. The average Bonchev–Trinajstić information content (AvgIpc) is 3.36. The minimum absolute atomic E-state index is 0.0843. The third kappa shape index (κ3) is 5.35. The van der Waals surface area contributed by atoms with E-state index >= 15 is 0 Å². The Hall–Kier alpha value is -3.73. The van der Waals surface area contributed by atoms with E-state index in [-0.39, 0.29) is 12.4 Å². The second-order valence-corrected chi connectivity index (χ2v) is 9.69. The topological polar surface area (TPSA) is 134 Å². The van der Waals surface area contributed by atoms with Crippen LogP contribution in [0.1, 0.15) is 51.1 Å². The zero-order valence-corrected chi connectivity index (χ0v) is 20.9. The number of anilines is 1. The highest BCUT2D eigenvalue weighted by atomic mass is 32.1. The van der Waals surface area contributed by atoms with Crippen molar-refractivity contribution in [3.8, 4) is 5.82 Å². The van der Waals surface area contributed by atoms with Gasteiger partial charge in [0, 0.05) is 22.3 Å². The highest BCUT2D eigenvalue weighted by molar-refractivity contribution is 7.17. The number of thiophene rings is 1. The van der Waals surface area contributed by atoms with Crippen LogP contribution in [0.2, 0.25) is 0 Å². The third-order valence-electron chi connectivity index (χ3n) is 5.78. The third-order valence-corrected chi connectivity index (χ3v) is 6.95. The number of methoxy groups -OCH3 is 1. The molecule has 35 heavy (non-hydrogen) atoms. The van der Waals surface area contributed by atoms with Gasteiger partial charge in [0.1, 0.15) is 5.00 Å². The lowest BCUT2D eigenvalue weighted by Crippen LogP contribution is -2.20. The molecule has 10 nitrogen and oxygen atoms in total. The number of amidine groups is 1. The molecule has 0 saturated heterocycles. The minimum atomic E-state index is -0.452. The van der Waals surface area contributed by atoms with Crippen LogP contribution < -0.4 is 11.1 Å². The van der Waals surface area contributed by atoms with Crippen LogP contribution >= 0.6 is 11.3 Å². The number of nitrogens with two attached hydrogens (primary N) is 1. The molecule has 3 N–H and O–H groups in total. The van der Waals surface area contributed by atoms with E-state index in [2.05, 4.69) is 27.5 Å². The molecule has 1 aliphatic carbocycles. The molecule has 0 aliphatic heterocycles. The number of oxime groups is 1. The van der Waals surface area contributed by atoms with Crippen LogP contribution in [0.4, 0.5) is 5.00 Å². The van der Waals surface area contributed by atoms with Crippen LogP contribution in [0.5, 0.6) is 0 Å². The molecule has 1 aliphatic rings. The molecular weight excluding hydrogens is 468 g/mol. The first-order valence-electron chi connectivity index (χ1n) is 11.2. The van der Waals surface area contributed by atoms with Gasteiger partial charge in [-0.15, -0.1) is 11.3 Å². The molecule has 3 aromatic rings. The van der Waals surface area contributed by atoms with Gasteiger partial charge in [-0.25, -0.2) is 14.5 Å². The second kappa shape index (κ2) is 10.3. The Morgan fingerprint density at radius 3 is 2.80 bits per heavy atom. The summed E-state index contributed by atoms with van der Waals surface area (Å²) in [6.07, 6.45) is 4.23. The molecule has 0 radical (unpaired) electrons. The highest BCUT2D eigenvalue weighted by Gasteiger charge is 2.28. The Morgan fingerprint density at radius 2 is 2.14 bits per heavy atom. The van der Waals surface area contributed by atoms with Gasteiger partial charge in [-0.1, -0.05) is 12.1 Å². The second-order valence-electron chi connectivity index (χ2n) is 8.59. The van der Waals surface area contributed by atoms with E-state index < -0.39 is 11.9 Å². The maximum absolute atomic E-state index is 12.5. The van der Waals surface area contributed by atoms with Crippen LogP contribution in [0.3, 0.4) is 0 Å². The number of aromatic nitrogens is 3. The molecule has 4 rings (SSSR count). The number of pyridine rings is 1. The van der Waals surface area contributed by atoms with Crippen LogP contribution in [0.25, 0.3) is 5.82 Å². The molecule has 0 saturated carbocycles. The number of rotatable bonds is 7. The van der Waals surface area contributed by atoms with Crippen molar-refractivity contribution in [2.75, 3.05) is 19.0 Å². The Labute approximate surface area is 207 Å². The van der Waals surface area contributed by atoms with Gasteiger partial charge in [-0.3, -0.25) is 4.79 Å². The number of hydrogen-bond donors (Lipinski definition) is 2. The number of hydrogen-bond acceptors (Lipinski definition) is 8. The largest absolute Gasteiger partial charge is 0.465 e. The van der Waals surface area contributed by atoms with Gasteiger partial charge in [0.2, 0.25) is 0 Å². The standard InChI is InChI=1S/C24H28N6O4S/c1-13-5-7-17-18(9-13)35-23(21(17)24(32)33-4)27-20(31)12-34-29-22(25)16-6-8-19(26-11-16)30-15(3)10-14(2)28-30/h6,8,10-11,13H,5,7,9,12H2,1-4H3,(H2,25,29)(H,27,31). The summed E-state index contributed by atoms with van der Waals surface area (Å²) in [5.41, 5.74) is 9.80. The number of aryl methyl sites for hydroxylation is 2. The van der Waals surface area contributed by atoms with E-state index in [0.717, 1.165) is 41.1 Å².